The van der Waals surface area contributed by atoms with Crippen LogP contribution in [-0.4, -0.2) is 11.8 Å². The van der Waals surface area contributed by atoms with Gasteiger partial charge in [0.15, 0.2) is 0 Å². The van der Waals surface area contributed by atoms with Crippen molar-refractivity contribution in [2.24, 2.45) is 5.73 Å². The average Bonchev–Trinajstić information content (AvgIpc) is 2.72. The van der Waals surface area contributed by atoms with Crippen molar-refractivity contribution in [2.45, 2.75) is 19.6 Å². The highest BCUT2D eigenvalue weighted by atomic mass is 16.5. The summed E-state index contributed by atoms with van der Waals surface area (Å²) < 4.78 is 6.03. The van der Waals surface area contributed by atoms with Crippen molar-refractivity contribution in [3.05, 3.63) is 90.0 Å². The van der Waals surface area contributed by atoms with Gasteiger partial charge in [0.25, 0.3) is 5.91 Å². The molecule has 1 atom stereocenters. The van der Waals surface area contributed by atoms with Gasteiger partial charge in [-0.2, -0.15) is 0 Å². The Kier molecular flexibility index (Phi) is 6.60. The van der Waals surface area contributed by atoms with Gasteiger partial charge in [-0.15, -0.1) is 0 Å². The van der Waals surface area contributed by atoms with E-state index in [1.165, 1.54) is 6.92 Å². The maximum atomic E-state index is 13.0. The molecular formula is C23H23N3O3. The Morgan fingerprint density at radius 1 is 0.897 bits per heavy atom. The van der Waals surface area contributed by atoms with Crippen LogP contribution >= 0.6 is 0 Å². The number of anilines is 2. The number of benzene rings is 3. The summed E-state index contributed by atoms with van der Waals surface area (Å²) in [7, 11) is 0. The van der Waals surface area contributed by atoms with Gasteiger partial charge < -0.3 is 21.1 Å². The van der Waals surface area contributed by atoms with E-state index in [0.29, 0.717) is 29.2 Å². The molecule has 6 nitrogen and oxygen atoms in total. The lowest BCUT2D eigenvalue weighted by Gasteiger charge is -2.20. The van der Waals surface area contributed by atoms with Gasteiger partial charge in [0.05, 0.1) is 0 Å². The Balaban J connectivity index is 1.85. The topological polar surface area (TPSA) is 93.4 Å². The van der Waals surface area contributed by atoms with Crippen molar-refractivity contribution in [1.82, 2.24) is 0 Å². The molecule has 2 amide bonds. The molecule has 3 aromatic rings. The van der Waals surface area contributed by atoms with Crippen LogP contribution in [0, 0.1) is 0 Å². The molecule has 0 saturated heterocycles. The Labute approximate surface area is 169 Å². The minimum Gasteiger partial charge on any atom is -0.476 e. The fraction of sp³-hybridized carbons (Fsp3) is 0.130. The van der Waals surface area contributed by atoms with E-state index in [9.17, 15) is 9.59 Å². The van der Waals surface area contributed by atoms with Crippen LogP contribution in [0.15, 0.2) is 78.9 Å². The molecule has 0 aromatic heterocycles. The molecule has 0 fully saturated rings. The molecule has 0 aliphatic carbocycles. The van der Waals surface area contributed by atoms with E-state index in [1.54, 1.807) is 30.3 Å². The van der Waals surface area contributed by atoms with Gasteiger partial charge in [-0.1, -0.05) is 48.5 Å². The summed E-state index contributed by atoms with van der Waals surface area (Å²) in [6.07, 6.45) is -0.870. The van der Waals surface area contributed by atoms with Gasteiger partial charge in [0.2, 0.25) is 12.0 Å². The van der Waals surface area contributed by atoms with Crippen LogP contribution in [0.2, 0.25) is 0 Å². The highest BCUT2D eigenvalue weighted by molar-refractivity contribution is 5.95. The molecule has 0 saturated carbocycles. The summed E-state index contributed by atoms with van der Waals surface area (Å²) in [5, 5.41) is 5.60. The van der Waals surface area contributed by atoms with Gasteiger partial charge in [-0.05, 0) is 29.8 Å². The highest BCUT2D eigenvalue weighted by Crippen LogP contribution is 2.26. The molecule has 0 bridgehead atoms. The lowest BCUT2D eigenvalue weighted by molar-refractivity contribution is -0.123. The van der Waals surface area contributed by atoms with Crippen molar-refractivity contribution >= 4 is 23.2 Å². The fourth-order valence-corrected chi connectivity index (χ4v) is 2.87. The number of hydrogen-bond acceptors (Lipinski definition) is 4. The van der Waals surface area contributed by atoms with Crippen molar-refractivity contribution in [1.29, 1.82) is 0 Å². The van der Waals surface area contributed by atoms with Crippen LogP contribution in [0.25, 0.3) is 0 Å². The Bertz CT molecular complexity index is 989. The normalized spacial score (nSPS) is 11.4. The first kappa shape index (κ1) is 20.1. The zero-order valence-electron chi connectivity index (χ0n) is 16.1. The van der Waals surface area contributed by atoms with Gasteiger partial charge in [0.1, 0.15) is 5.75 Å². The standard InChI is InChI=1S/C23H23N3O3/c1-16(27)25-20-11-6-12-21(14-20)29-22(18-8-3-2-4-9-18)23(28)26-19-10-5-7-17(13-19)15-24/h2-14,22H,15,24H2,1H3,(H,25,27)(H,26,28). The first-order chi connectivity index (χ1) is 14.0. The number of rotatable bonds is 7. The first-order valence-electron chi connectivity index (χ1n) is 9.24. The monoisotopic (exact) mass is 389 g/mol. The third kappa shape index (κ3) is 5.67. The van der Waals surface area contributed by atoms with Crippen LogP contribution in [0.5, 0.6) is 5.75 Å². The molecule has 0 aliphatic rings. The van der Waals surface area contributed by atoms with Gasteiger partial charge in [-0.25, -0.2) is 0 Å². The first-order valence-corrected chi connectivity index (χ1v) is 9.24. The molecule has 0 aliphatic heterocycles. The summed E-state index contributed by atoms with van der Waals surface area (Å²) in [6.45, 7) is 1.82. The van der Waals surface area contributed by atoms with Crippen molar-refractivity contribution in [2.75, 3.05) is 10.6 Å². The fourth-order valence-electron chi connectivity index (χ4n) is 2.87. The molecule has 4 N–H and O–H groups in total. The van der Waals surface area contributed by atoms with Crippen molar-refractivity contribution in [3.63, 3.8) is 0 Å². The van der Waals surface area contributed by atoms with Gasteiger partial charge in [-0.3, -0.25) is 9.59 Å². The Morgan fingerprint density at radius 3 is 2.28 bits per heavy atom. The smallest absolute Gasteiger partial charge is 0.270 e. The number of amides is 2. The number of carbonyl (C=O) groups excluding carboxylic acids is 2. The Morgan fingerprint density at radius 2 is 1.59 bits per heavy atom. The molecule has 148 valence electrons. The SMILES string of the molecule is CC(=O)Nc1cccc(OC(C(=O)Nc2cccc(CN)c2)c2ccccc2)c1. The molecule has 0 spiro atoms. The zero-order chi connectivity index (χ0) is 20.6. The molecule has 1 unspecified atom stereocenters. The number of hydrogen-bond donors (Lipinski definition) is 3. The van der Waals surface area contributed by atoms with E-state index in [2.05, 4.69) is 10.6 Å². The maximum Gasteiger partial charge on any atom is 0.270 e. The van der Waals surface area contributed by atoms with E-state index < -0.39 is 6.10 Å². The molecule has 29 heavy (non-hydrogen) atoms. The molecule has 3 rings (SSSR count). The van der Waals surface area contributed by atoms with Crippen LogP contribution in [-0.2, 0) is 16.1 Å². The molecule has 0 heterocycles. The lowest BCUT2D eigenvalue weighted by atomic mass is 10.1. The highest BCUT2D eigenvalue weighted by Gasteiger charge is 2.23. The maximum absolute atomic E-state index is 13.0. The number of carbonyl (C=O) groups is 2. The molecular weight excluding hydrogens is 366 g/mol. The molecule has 0 radical (unpaired) electrons. The van der Waals surface area contributed by atoms with E-state index in [4.69, 9.17) is 10.5 Å². The number of nitrogens with two attached hydrogens (primary N) is 1. The average molecular weight is 389 g/mol. The van der Waals surface area contributed by atoms with Crippen LogP contribution in [0.3, 0.4) is 0 Å². The van der Waals surface area contributed by atoms with E-state index in [-0.39, 0.29) is 11.8 Å². The zero-order valence-corrected chi connectivity index (χ0v) is 16.1. The van der Waals surface area contributed by atoms with Crippen molar-refractivity contribution in [3.8, 4) is 5.75 Å². The second-order valence-corrected chi connectivity index (χ2v) is 6.51. The Hall–Kier alpha value is -3.64. The van der Waals surface area contributed by atoms with Crippen LogP contribution in [0.1, 0.15) is 24.2 Å². The lowest BCUT2D eigenvalue weighted by Crippen LogP contribution is -2.25. The minimum atomic E-state index is -0.870. The third-order valence-corrected chi connectivity index (χ3v) is 4.18. The minimum absolute atomic E-state index is 0.181. The third-order valence-electron chi connectivity index (χ3n) is 4.18. The van der Waals surface area contributed by atoms with Crippen LogP contribution in [0.4, 0.5) is 11.4 Å². The van der Waals surface area contributed by atoms with Gasteiger partial charge >= 0.3 is 0 Å². The van der Waals surface area contributed by atoms with E-state index in [1.807, 2.05) is 48.5 Å². The predicted octanol–water partition coefficient (Wildman–Crippen LogP) is 3.86. The van der Waals surface area contributed by atoms with Crippen LogP contribution < -0.4 is 21.1 Å². The number of nitrogens with one attached hydrogen (secondary N) is 2. The quantitative estimate of drug-likeness (QED) is 0.572. The summed E-state index contributed by atoms with van der Waals surface area (Å²) >= 11 is 0. The summed E-state index contributed by atoms with van der Waals surface area (Å²) in [4.78, 5) is 24.3. The summed E-state index contributed by atoms with van der Waals surface area (Å²) in [5.74, 6) is -0.0226. The van der Waals surface area contributed by atoms with E-state index >= 15 is 0 Å². The molecule has 3 aromatic carbocycles. The molecule has 6 heteroatoms. The number of ether oxygens (including phenoxy) is 1. The second-order valence-electron chi connectivity index (χ2n) is 6.51. The van der Waals surface area contributed by atoms with Gasteiger partial charge in [0, 0.05) is 36.5 Å². The largest absolute Gasteiger partial charge is 0.476 e. The summed E-state index contributed by atoms with van der Waals surface area (Å²) in [5.41, 5.74) is 8.56. The predicted molar refractivity (Wildman–Crippen MR) is 114 cm³/mol. The second kappa shape index (κ2) is 9.52. The van der Waals surface area contributed by atoms with Crippen molar-refractivity contribution < 1.29 is 14.3 Å². The summed E-state index contributed by atoms with van der Waals surface area (Å²) in [6, 6.07) is 23.5. The van der Waals surface area contributed by atoms with E-state index in [0.717, 1.165) is 5.56 Å².